The Kier molecular flexibility index (Phi) is 8.45. The summed E-state index contributed by atoms with van der Waals surface area (Å²) >= 11 is 1.41. The fourth-order valence-electron chi connectivity index (χ4n) is 3.15. The van der Waals surface area contributed by atoms with Crippen molar-refractivity contribution in [2.45, 2.75) is 38.4 Å². The highest BCUT2D eigenvalue weighted by molar-refractivity contribution is 8.01. The fraction of sp³-hybridized carbons (Fsp3) is 0.600. The number of anilines is 1. The van der Waals surface area contributed by atoms with Crippen molar-refractivity contribution in [1.29, 1.82) is 0 Å². The number of thioether (sulfide) groups is 1. The molecule has 0 aliphatic carbocycles. The lowest BCUT2D eigenvalue weighted by molar-refractivity contribution is -0.131. The molecule has 0 spiro atoms. The van der Waals surface area contributed by atoms with Gasteiger partial charge in [-0.1, -0.05) is 17.7 Å². The first-order valence-electron chi connectivity index (χ1n) is 9.41. The van der Waals surface area contributed by atoms with Gasteiger partial charge in [0.1, 0.15) is 0 Å². The van der Waals surface area contributed by atoms with Gasteiger partial charge in [-0.25, -0.2) is 0 Å². The number of nitrogens with zero attached hydrogens (tertiary/aromatic N) is 1. The monoisotopic (exact) mass is 377 g/mol. The first-order chi connectivity index (χ1) is 12.5. The summed E-state index contributed by atoms with van der Waals surface area (Å²) in [5.74, 6) is 1.10. The quantitative estimate of drug-likeness (QED) is 0.731. The van der Waals surface area contributed by atoms with Crippen molar-refractivity contribution >= 4 is 29.3 Å². The number of hydrogen-bond donors (Lipinski definition) is 2. The zero-order chi connectivity index (χ0) is 18.9. The van der Waals surface area contributed by atoms with Crippen LogP contribution in [0.2, 0.25) is 0 Å². The summed E-state index contributed by atoms with van der Waals surface area (Å²) in [6.07, 6.45) is 3.35. The number of likely N-dealkylation sites (tertiary alicyclic amines) is 1. The Labute approximate surface area is 161 Å². The van der Waals surface area contributed by atoms with Gasteiger partial charge in [0, 0.05) is 18.8 Å². The summed E-state index contributed by atoms with van der Waals surface area (Å²) in [4.78, 5) is 26.6. The van der Waals surface area contributed by atoms with Crippen LogP contribution in [0.4, 0.5) is 5.69 Å². The number of nitrogens with one attached hydrogen (secondary N) is 2. The van der Waals surface area contributed by atoms with Crippen LogP contribution in [0.1, 0.15) is 31.7 Å². The molecule has 2 N–H and O–H groups in total. The number of carbonyl (C=O) groups is 2. The van der Waals surface area contributed by atoms with Crippen LogP contribution >= 0.6 is 11.8 Å². The van der Waals surface area contributed by atoms with Gasteiger partial charge in [-0.15, -0.1) is 11.8 Å². The van der Waals surface area contributed by atoms with Gasteiger partial charge in [0.05, 0.1) is 11.0 Å². The Bertz CT molecular complexity index is 583. The SMILES string of the molecule is CNCCC1CCN(C(=O)C(C)SCC(=O)Nc2ccc(C)cc2)CC1. The molecule has 1 unspecified atom stereocenters. The minimum atomic E-state index is -0.187. The van der Waals surface area contributed by atoms with Crippen LogP contribution in [-0.4, -0.2) is 54.4 Å². The van der Waals surface area contributed by atoms with Gasteiger partial charge in [0.15, 0.2) is 0 Å². The molecule has 144 valence electrons. The summed E-state index contributed by atoms with van der Waals surface area (Å²) in [5, 5.41) is 5.88. The van der Waals surface area contributed by atoms with Crippen molar-refractivity contribution in [2.24, 2.45) is 5.92 Å². The van der Waals surface area contributed by atoms with Crippen molar-refractivity contribution in [2.75, 3.05) is 37.8 Å². The molecular weight excluding hydrogens is 346 g/mol. The number of aryl methyl sites for hydroxylation is 1. The second kappa shape index (κ2) is 10.6. The van der Waals surface area contributed by atoms with Crippen molar-refractivity contribution in [1.82, 2.24) is 10.2 Å². The Morgan fingerprint density at radius 1 is 1.23 bits per heavy atom. The second-order valence-corrected chi connectivity index (χ2v) is 8.36. The van der Waals surface area contributed by atoms with E-state index < -0.39 is 0 Å². The molecule has 1 aliphatic heterocycles. The van der Waals surface area contributed by atoms with Gasteiger partial charge in [0.25, 0.3) is 0 Å². The maximum Gasteiger partial charge on any atom is 0.235 e. The van der Waals surface area contributed by atoms with E-state index in [1.54, 1.807) is 0 Å². The Balaban J connectivity index is 1.70. The molecule has 26 heavy (non-hydrogen) atoms. The topological polar surface area (TPSA) is 61.4 Å². The van der Waals surface area contributed by atoms with E-state index in [4.69, 9.17) is 0 Å². The van der Waals surface area contributed by atoms with E-state index in [0.29, 0.717) is 5.75 Å². The molecule has 0 bridgehead atoms. The van der Waals surface area contributed by atoms with Crippen LogP contribution < -0.4 is 10.6 Å². The molecule has 1 aliphatic rings. The van der Waals surface area contributed by atoms with Gasteiger partial charge >= 0.3 is 0 Å². The van der Waals surface area contributed by atoms with E-state index in [9.17, 15) is 9.59 Å². The van der Waals surface area contributed by atoms with Crippen LogP contribution in [0.25, 0.3) is 0 Å². The zero-order valence-corrected chi connectivity index (χ0v) is 16.9. The molecule has 1 aromatic rings. The van der Waals surface area contributed by atoms with Gasteiger partial charge in [-0.05, 0) is 64.8 Å². The predicted molar refractivity (Wildman–Crippen MR) is 110 cm³/mol. The predicted octanol–water partition coefficient (Wildman–Crippen LogP) is 2.90. The van der Waals surface area contributed by atoms with Crippen molar-refractivity contribution < 1.29 is 9.59 Å². The summed E-state index contributed by atoms with van der Waals surface area (Å²) in [6, 6.07) is 7.72. The van der Waals surface area contributed by atoms with Crippen molar-refractivity contribution in [3.05, 3.63) is 29.8 Å². The Morgan fingerprint density at radius 3 is 2.50 bits per heavy atom. The van der Waals surface area contributed by atoms with Crippen LogP contribution in [0, 0.1) is 12.8 Å². The third kappa shape index (κ3) is 6.65. The molecule has 1 saturated heterocycles. The van der Waals surface area contributed by atoms with E-state index in [-0.39, 0.29) is 17.1 Å². The average molecular weight is 378 g/mol. The fourth-order valence-corrected chi connectivity index (χ4v) is 3.92. The van der Waals surface area contributed by atoms with Crippen LogP contribution in [0.15, 0.2) is 24.3 Å². The van der Waals surface area contributed by atoms with E-state index in [0.717, 1.165) is 49.6 Å². The molecule has 1 heterocycles. The minimum Gasteiger partial charge on any atom is -0.342 e. The average Bonchev–Trinajstić information content (AvgIpc) is 2.66. The molecule has 1 aromatic carbocycles. The number of benzene rings is 1. The van der Waals surface area contributed by atoms with Crippen LogP contribution in [-0.2, 0) is 9.59 Å². The third-order valence-corrected chi connectivity index (χ3v) is 6.01. The second-order valence-electron chi connectivity index (χ2n) is 7.03. The number of amides is 2. The first-order valence-corrected chi connectivity index (χ1v) is 10.5. The normalized spacial score (nSPS) is 16.3. The molecule has 0 aromatic heterocycles. The smallest absolute Gasteiger partial charge is 0.235 e. The lowest BCUT2D eigenvalue weighted by atomic mass is 9.93. The van der Waals surface area contributed by atoms with E-state index in [1.807, 2.05) is 50.1 Å². The highest BCUT2D eigenvalue weighted by Crippen LogP contribution is 2.23. The maximum absolute atomic E-state index is 12.6. The van der Waals surface area contributed by atoms with E-state index >= 15 is 0 Å². The number of rotatable bonds is 8. The largest absolute Gasteiger partial charge is 0.342 e. The minimum absolute atomic E-state index is 0.0655. The van der Waals surface area contributed by atoms with Crippen LogP contribution in [0.3, 0.4) is 0 Å². The summed E-state index contributed by atoms with van der Waals surface area (Å²) in [7, 11) is 1.98. The molecule has 2 amide bonds. The number of carbonyl (C=O) groups excluding carboxylic acids is 2. The lowest BCUT2D eigenvalue weighted by Crippen LogP contribution is -2.42. The lowest BCUT2D eigenvalue weighted by Gasteiger charge is -2.33. The van der Waals surface area contributed by atoms with Gasteiger partial charge in [-0.3, -0.25) is 9.59 Å². The molecule has 1 fully saturated rings. The summed E-state index contributed by atoms with van der Waals surface area (Å²) in [6.45, 7) is 6.64. The van der Waals surface area contributed by atoms with Gasteiger partial charge in [-0.2, -0.15) is 0 Å². The summed E-state index contributed by atoms with van der Waals surface area (Å²) in [5.41, 5.74) is 1.95. The Morgan fingerprint density at radius 2 is 1.88 bits per heavy atom. The first kappa shape index (κ1) is 20.8. The maximum atomic E-state index is 12.6. The molecule has 2 rings (SSSR count). The standard InChI is InChI=1S/C20H31N3O2S/c1-15-4-6-18(7-5-15)22-19(24)14-26-16(2)20(25)23-12-9-17(10-13-23)8-11-21-3/h4-7,16-17,21H,8-14H2,1-3H3,(H,22,24). The van der Waals surface area contributed by atoms with Gasteiger partial charge in [0.2, 0.25) is 11.8 Å². The zero-order valence-electron chi connectivity index (χ0n) is 16.1. The van der Waals surface area contributed by atoms with Crippen LogP contribution in [0.5, 0.6) is 0 Å². The molecule has 0 radical (unpaired) electrons. The number of piperidine rings is 1. The van der Waals surface area contributed by atoms with E-state index in [2.05, 4.69) is 10.6 Å². The van der Waals surface area contributed by atoms with Crippen molar-refractivity contribution in [3.8, 4) is 0 Å². The Hall–Kier alpha value is -1.53. The molecule has 0 saturated carbocycles. The highest BCUT2D eigenvalue weighted by Gasteiger charge is 2.26. The van der Waals surface area contributed by atoms with E-state index in [1.165, 1.54) is 18.2 Å². The van der Waals surface area contributed by atoms with Gasteiger partial charge < -0.3 is 15.5 Å². The third-order valence-electron chi connectivity index (χ3n) is 4.88. The molecular formula is C20H31N3O2S. The molecule has 6 heteroatoms. The molecule has 5 nitrogen and oxygen atoms in total. The number of hydrogen-bond acceptors (Lipinski definition) is 4. The van der Waals surface area contributed by atoms with Crippen molar-refractivity contribution in [3.63, 3.8) is 0 Å². The molecule has 1 atom stereocenters. The summed E-state index contributed by atoms with van der Waals surface area (Å²) < 4.78 is 0. The highest BCUT2D eigenvalue weighted by atomic mass is 32.2.